The Bertz CT molecular complexity index is 460. The van der Waals surface area contributed by atoms with Crippen LogP contribution in [-0.4, -0.2) is 28.7 Å². The van der Waals surface area contributed by atoms with Gasteiger partial charge in [-0.3, -0.25) is 4.90 Å². The number of phenolic OH excluding ortho intramolecular Hbond substituents is 1. The van der Waals surface area contributed by atoms with Gasteiger partial charge < -0.3 is 9.84 Å². The number of nitrogens with zero attached hydrogens (tertiary/aromatic N) is 1. The van der Waals surface area contributed by atoms with Crippen LogP contribution in [0.5, 0.6) is 11.5 Å². The van der Waals surface area contributed by atoms with Crippen LogP contribution >= 0.6 is 15.9 Å². The second-order valence-electron chi connectivity index (χ2n) is 5.69. The van der Waals surface area contributed by atoms with Crippen LogP contribution in [0.2, 0.25) is 0 Å². The zero-order valence-electron chi connectivity index (χ0n) is 11.9. The number of benzene rings is 1. The summed E-state index contributed by atoms with van der Waals surface area (Å²) in [5.41, 5.74) is 1.43. The average molecular weight is 328 g/mol. The van der Waals surface area contributed by atoms with E-state index in [0.717, 1.165) is 13.1 Å². The molecule has 0 amide bonds. The fourth-order valence-corrected chi connectivity index (χ4v) is 3.15. The molecule has 1 saturated heterocycles. The Hall–Kier alpha value is -0.740. The molecule has 2 rings (SSSR count). The molecule has 0 unspecified atom stereocenters. The molecule has 4 heteroatoms. The van der Waals surface area contributed by atoms with E-state index in [0.29, 0.717) is 16.8 Å². The third kappa shape index (κ3) is 3.23. The van der Waals surface area contributed by atoms with E-state index < -0.39 is 0 Å². The highest BCUT2D eigenvalue weighted by atomic mass is 79.9. The van der Waals surface area contributed by atoms with Gasteiger partial charge in [0, 0.05) is 12.1 Å². The molecule has 0 aromatic heterocycles. The Labute approximate surface area is 123 Å². The summed E-state index contributed by atoms with van der Waals surface area (Å²) in [6, 6.07) is 3.92. The minimum atomic E-state index is 0.186. The summed E-state index contributed by atoms with van der Waals surface area (Å²) in [7, 11) is 0. The predicted molar refractivity (Wildman–Crippen MR) is 80.7 cm³/mol. The van der Waals surface area contributed by atoms with Gasteiger partial charge >= 0.3 is 0 Å². The van der Waals surface area contributed by atoms with Crippen LogP contribution in [-0.2, 0) is 6.54 Å². The first-order chi connectivity index (χ1) is 8.94. The second kappa shape index (κ2) is 5.71. The van der Waals surface area contributed by atoms with E-state index in [1.165, 1.54) is 18.4 Å². The lowest BCUT2D eigenvalue weighted by atomic mass is 10.0. The summed E-state index contributed by atoms with van der Waals surface area (Å²) >= 11 is 3.40. The number of halogens is 1. The zero-order valence-corrected chi connectivity index (χ0v) is 13.5. The Morgan fingerprint density at radius 1 is 1.42 bits per heavy atom. The molecule has 1 N–H and O–H groups in total. The Balaban J connectivity index is 2.21. The van der Waals surface area contributed by atoms with E-state index in [-0.39, 0.29) is 11.3 Å². The third-order valence-electron chi connectivity index (χ3n) is 3.83. The van der Waals surface area contributed by atoms with Gasteiger partial charge in [0.15, 0.2) is 11.5 Å². The normalized spacial score (nSPS) is 18.7. The minimum absolute atomic E-state index is 0.186. The SMILES string of the molecule is CCOc1cc(CN2CCCC2(C)C)cc(Br)c1O. The molecule has 1 aliphatic rings. The molecule has 1 aliphatic heterocycles. The molecule has 1 aromatic carbocycles. The summed E-state index contributed by atoms with van der Waals surface area (Å²) in [5.74, 6) is 0.746. The highest BCUT2D eigenvalue weighted by Gasteiger charge is 2.31. The number of hydrogen-bond donors (Lipinski definition) is 1. The lowest BCUT2D eigenvalue weighted by Gasteiger charge is -2.31. The number of likely N-dealkylation sites (tertiary alicyclic amines) is 1. The summed E-state index contributed by atoms with van der Waals surface area (Å²) in [6.07, 6.45) is 2.50. The number of aromatic hydroxyl groups is 1. The van der Waals surface area contributed by atoms with Crippen LogP contribution in [0.3, 0.4) is 0 Å². The first kappa shape index (κ1) is 14.7. The molecule has 1 heterocycles. The van der Waals surface area contributed by atoms with Crippen molar-refractivity contribution in [1.82, 2.24) is 4.90 Å². The van der Waals surface area contributed by atoms with E-state index in [1.54, 1.807) is 0 Å². The third-order valence-corrected chi connectivity index (χ3v) is 4.44. The molecular weight excluding hydrogens is 306 g/mol. The maximum absolute atomic E-state index is 9.93. The highest BCUT2D eigenvalue weighted by molar-refractivity contribution is 9.10. The van der Waals surface area contributed by atoms with E-state index in [4.69, 9.17) is 4.74 Å². The van der Waals surface area contributed by atoms with Gasteiger partial charge in [-0.2, -0.15) is 0 Å². The Morgan fingerprint density at radius 3 is 2.74 bits per heavy atom. The number of ether oxygens (including phenoxy) is 1. The molecule has 106 valence electrons. The van der Waals surface area contributed by atoms with Gasteiger partial charge in [-0.05, 0) is 73.8 Å². The second-order valence-corrected chi connectivity index (χ2v) is 6.55. The largest absolute Gasteiger partial charge is 0.503 e. The first-order valence-electron chi connectivity index (χ1n) is 6.83. The van der Waals surface area contributed by atoms with Crippen molar-refractivity contribution in [2.75, 3.05) is 13.2 Å². The summed E-state index contributed by atoms with van der Waals surface area (Å²) in [6.45, 7) is 9.08. The van der Waals surface area contributed by atoms with Crippen molar-refractivity contribution >= 4 is 15.9 Å². The Kier molecular flexibility index (Phi) is 4.41. The van der Waals surface area contributed by atoms with E-state index >= 15 is 0 Å². The molecule has 0 spiro atoms. The van der Waals surface area contributed by atoms with Crippen LogP contribution in [0.4, 0.5) is 0 Å². The van der Waals surface area contributed by atoms with Crippen LogP contribution < -0.4 is 4.74 Å². The molecule has 0 aliphatic carbocycles. The van der Waals surface area contributed by atoms with Crippen LogP contribution in [0.15, 0.2) is 16.6 Å². The number of phenols is 1. The molecular formula is C15H22BrNO2. The van der Waals surface area contributed by atoms with Crippen LogP contribution in [0.25, 0.3) is 0 Å². The summed E-state index contributed by atoms with van der Waals surface area (Å²) in [5, 5.41) is 9.93. The molecule has 0 bridgehead atoms. The zero-order chi connectivity index (χ0) is 14.0. The first-order valence-corrected chi connectivity index (χ1v) is 7.62. The summed E-state index contributed by atoms with van der Waals surface area (Å²) < 4.78 is 6.18. The predicted octanol–water partition coefficient (Wildman–Crippen LogP) is 3.93. The molecule has 0 atom stereocenters. The van der Waals surface area contributed by atoms with E-state index in [1.807, 2.05) is 19.1 Å². The molecule has 0 saturated carbocycles. The van der Waals surface area contributed by atoms with Crippen LogP contribution in [0, 0.1) is 0 Å². The average Bonchev–Trinajstić information content (AvgIpc) is 2.65. The molecule has 1 fully saturated rings. The quantitative estimate of drug-likeness (QED) is 0.909. The van der Waals surface area contributed by atoms with Crippen molar-refractivity contribution in [2.45, 2.75) is 45.7 Å². The standard InChI is InChI=1S/C15H22BrNO2/c1-4-19-13-9-11(8-12(16)14(13)18)10-17-7-5-6-15(17,2)3/h8-9,18H,4-7,10H2,1-3H3. The van der Waals surface area contributed by atoms with Crippen molar-refractivity contribution in [1.29, 1.82) is 0 Å². The van der Waals surface area contributed by atoms with Gasteiger partial charge in [-0.15, -0.1) is 0 Å². The van der Waals surface area contributed by atoms with Gasteiger partial charge in [-0.1, -0.05) is 0 Å². The Morgan fingerprint density at radius 2 is 2.16 bits per heavy atom. The van der Waals surface area contributed by atoms with Crippen molar-refractivity contribution in [3.63, 3.8) is 0 Å². The van der Waals surface area contributed by atoms with Gasteiger partial charge in [-0.25, -0.2) is 0 Å². The smallest absolute Gasteiger partial charge is 0.172 e. The molecule has 3 nitrogen and oxygen atoms in total. The maximum atomic E-state index is 9.93. The lowest BCUT2D eigenvalue weighted by Crippen LogP contribution is -2.37. The highest BCUT2D eigenvalue weighted by Crippen LogP contribution is 2.37. The van der Waals surface area contributed by atoms with Crippen molar-refractivity contribution in [3.05, 3.63) is 22.2 Å². The van der Waals surface area contributed by atoms with E-state index in [2.05, 4.69) is 34.7 Å². The van der Waals surface area contributed by atoms with Gasteiger partial charge in [0.05, 0.1) is 11.1 Å². The monoisotopic (exact) mass is 327 g/mol. The molecule has 1 aromatic rings. The lowest BCUT2D eigenvalue weighted by molar-refractivity contribution is 0.166. The number of hydrogen-bond acceptors (Lipinski definition) is 3. The topological polar surface area (TPSA) is 32.7 Å². The van der Waals surface area contributed by atoms with E-state index in [9.17, 15) is 5.11 Å². The van der Waals surface area contributed by atoms with Crippen LogP contribution in [0.1, 0.15) is 39.2 Å². The van der Waals surface area contributed by atoms with Gasteiger partial charge in [0.2, 0.25) is 0 Å². The van der Waals surface area contributed by atoms with Crippen molar-refractivity contribution in [3.8, 4) is 11.5 Å². The van der Waals surface area contributed by atoms with Gasteiger partial charge in [0.1, 0.15) is 0 Å². The fraction of sp³-hybridized carbons (Fsp3) is 0.600. The molecule has 0 radical (unpaired) electrons. The molecule has 19 heavy (non-hydrogen) atoms. The van der Waals surface area contributed by atoms with Gasteiger partial charge in [0.25, 0.3) is 0 Å². The van der Waals surface area contributed by atoms with Crippen molar-refractivity contribution in [2.24, 2.45) is 0 Å². The summed E-state index contributed by atoms with van der Waals surface area (Å²) in [4.78, 5) is 2.49. The maximum Gasteiger partial charge on any atom is 0.172 e. The number of rotatable bonds is 4. The minimum Gasteiger partial charge on any atom is -0.503 e. The fourth-order valence-electron chi connectivity index (χ4n) is 2.66. The van der Waals surface area contributed by atoms with Crippen molar-refractivity contribution < 1.29 is 9.84 Å².